The van der Waals surface area contributed by atoms with Crippen LogP contribution in [-0.4, -0.2) is 35.0 Å². The van der Waals surface area contributed by atoms with Gasteiger partial charge in [0.1, 0.15) is 6.10 Å². The Hall–Kier alpha value is -1.65. The molecule has 0 spiro atoms. The van der Waals surface area contributed by atoms with Gasteiger partial charge in [0.2, 0.25) is 0 Å². The second kappa shape index (κ2) is 11.1. The van der Waals surface area contributed by atoms with E-state index in [-0.39, 0.29) is 35.6 Å². The molecule has 0 aliphatic heterocycles. The normalized spacial score (nSPS) is 39.8. The lowest BCUT2D eigenvalue weighted by Crippen LogP contribution is -2.51. The molecule has 0 radical (unpaired) electrons. The highest BCUT2D eigenvalue weighted by Gasteiger charge is 2.61. The smallest absolute Gasteiger partial charge is 0.338 e. The molecule has 0 amide bonds. The van der Waals surface area contributed by atoms with Crippen LogP contribution in [0.25, 0.3) is 0 Å². The Bertz CT molecular complexity index is 1000. The average molecular weight is 523 g/mol. The molecule has 4 heteroatoms. The van der Waals surface area contributed by atoms with Crippen LogP contribution in [0.15, 0.2) is 42.0 Å². The molecule has 38 heavy (non-hydrogen) atoms. The SMILES string of the molecule is C[C@@H](CO)CCC[C@@H](C)[C@H]1[C@@H](O)C[C@H]2[C@@H]3CC=C4C[C@H](OC(=O)c5ccccc5)CC[C@]4(C)[C@H]3CC[C@]12C. The number of ether oxygens (including phenoxy) is 1. The van der Waals surface area contributed by atoms with Crippen molar-refractivity contribution in [3.8, 4) is 0 Å². The number of fused-ring (bicyclic) bond motifs is 5. The number of hydrogen-bond acceptors (Lipinski definition) is 4. The van der Waals surface area contributed by atoms with Gasteiger partial charge in [-0.3, -0.25) is 0 Å². The van der Waals surface area contributed by atoms with Gasteiger partial charge in [0.15, 0.2) is 0 Å². The lowest BCUT2D eigenvalue weighted by atomic mass is 9.47. The summed E-state index contributed by atoms with van der Waals surface area (Å²) in [5.41, 5.74) is 2.55. The summed E-state index contributed by atoms with van der Waals surface area (Å²) < 4.78 is 5.97. The highest BCUT2D eigenvalue weighted by Crippen LogP contribution is 2.67. The van der Waals surface area contributed by atoms with Crippen molar-refractivity contribution in [2.75, 3.05) is 6.61 Å². The second-order valence-electron chi connectivity index (χ2n) is 14.0. The molecule has 4 aliphatic carbocycles. The van der Waals surface area contributed by atoms with Gasteiger partial charge in [0.05, 0.1) is 11.7 Å². The van der Waals surface area contributed by atoms with Crippen LogP contribution in [0.3, 0.4) is 0 Å². The molecule has 0 bridgehead atoms. The van der Waals surface area contributed by atoms with E-state index >= 15 is 0 Å². The first-order chi connectivity index (χ1) is 18.2. The fourth-order valence-corrected chi connectivity index (χ4v) is 9.66. The van der Waals surface area contributed by atoms with Gasteiger partial charge in [-0.05, 0) is 103 Å². The van der Waals surface area contributed by atoms with Crippen LogP contribution in [-0.2, 0) is 4.74 Å². The van der Waals surface area contributed by atoms with E-state index < -0.39 is 0 Å². The topological polar surface area (TPSA) is 66.8 Å². The Morgan fingerprint density at radius 2 is 1.84 bits per heavy atom. The molecule has 10 atom stereocenters. The predicted octanol–water partition coefficient (Wildman–Crippen LogP) is 7.20. The summed E-state index contributed by atoms with van der Waals surface area (Å²) in [6.45, 7) is 9.76. The lowest BCUT2D eigenvalue weighted by Gasteiger charge is -2.58. The number of aliphatic hydroxyl groups excluding tert-OH is 2. The summed E-state index contributed by atoms with van der Waals surface area (Å²) in [4.78, 5) is 12.7. The Balaban J connectivity index is 1.26. The first-order valence-corrected chi connectivity index (χ1v) is 15.4. The summed E-state index contributed by atoms with van der Waals surface area (Å²) in [6.07, 6.45) is 13.1. The number of esters is 1. The van der Waals surface area contributed by atoms with E-state index in [0.29, 0.717) is 41.1 Å². The van der Waals surface area contributed by atoms with Gasteiger partial charge < -0.3 is 14.9 Å². The van der Waals surface area contributed by atoms with E-state index in [1.54, 1.807) is 0 Å². The summed E-state index contributed by atoms with van der Waals surface area (Å²) in [5, 5.41) is 20.8. The van der Waals surface area contributed by atoms with Crippen LogP contribution in [0.4, 0.5) is 0 Å². The van der Waals surface area contributed by atoms with Crippen LogP contribution < -0.4 is 0 Å². The Morgan fingerprint density at radius 1 is 1.08 bits per heavy atom. The molecular formula is C34H50O4. The van der Waals surface area contributed by atoms with Crippen molar-refractivity contribution >= 4 is 5.97 Å². The zero-order valence-electron chi connectivity index (χ0n) is 24.1. The van der Waals surface area contributed by atoms with Gasteiger partial charge in [0, 0.05) is 13.0 Å². The first-order valence-electron chi connectivity index (χ1n) is 15.4. The van der Waals surface area contributed by atoms with E-state index in [0.717, 1.165) is 51.4 Å². The van der Waals surface area contributed by atoms with Crippen molar-refractivity contribution in [1.82, 2.24) is 0 Å². The van der Waals surface area contributed by atoms with E-state index in [9.17, 15) is 15.0 Å². The van der Waals surface area contributed by atoms with E-state index in [2.05, 4.69) is 33.8 Å². The van der Waals surface area contributed by atoms with Gasteiger partial charge in [-0.1, -0.05) is 70.4 Å². The molecule has 2 N–H and O–H groups in total. The van der Waals surface area contributed by atoms with Gasteiger partial charge >= 0.3 is 5.97 Å². The first kappa shape index (κ1) is 27.9. The number of allylic oxidation sites excluding steroid dienone is 1. The molecule has 3 saturated carbocycles. The number of rotatable bonds is 8. The maximum absolute atomic E-state index is 12.7. The van der Waals surface area contributed by atoms with Gasteiger partial charge in [-0.2, -0.15) is 0 Å². The minimum absolute atomic E-state index is 0.0282. The second-order valence-corrected chi connectivity index (χ2v) is 14.0. The highest BCUT2D eigenvalue weighted by atomic mass is 16.5. The molecule has 0 heterocycles. The predicted molar refractivity (Wildman–Crippen MR) is 151 cm³/mol. The van der Waals surface area contributed by atoms with Crippen LogP contribution in [0.2, 0.25) is 0 Å². The molecule has 3 fully saturated rings. The zero-order chi connectivity index (χ0) is 27.1. The zero-order valence-corrected chi connectivity index (χ0v) is 24.1. The van der Waals surface area contributed by atoms with E-state index in [1.807, 2.05) is 30.3 Å². The number of aliphatic hydroxyl groups is 2. The number of benzene rings is 1. The molecule has 1 aromatic carbocycles. The van der Waals surface area contributed by atoms with Crippen molar-refractivity contribution in [2.24, 2.45) is 46.3 Å². The number of hydrogen-bond donors (Lipinski definition) is 2. The average Bonchev–Trinajstić information content (AvgIpc) is 3.19. The van der Waals surface area contributed by atoms with Crippen molar-refractivity contribution in [1.29, 1.82) is 0 Å². The van der Waals surface area contributed by atoms with Crippen molar-refractivity contribution < 1.29 is 19.7 Å². The third-order valence-electron chi connectivity index (χ3n) is 11.7. The third-order valence-corrected chi connectivity index (χ3v) is 11.7. The van der Waals surface area contributed by atoms with Gasteiger partial charge in [0.25, 0.3) is 0 Å². The molecular weight excluding hydrogens is 472 g/mol. The lowest BCUT2D eigenvalue weighted by molar-refractivity contribution is -0.0638. The summed E-state index contributed by atoms with van der Waals surface area (Å²) in [6, 6.07) is 9.36. The summed E-state index contributed by atoms with van der Waals surface area (Å²) in [7, 11) is 0. The van der Waals surface area contributed by atoms with Crippen molar-refractivity contribution in [2.45, 2.75) is 104 Å². The monoisotopic (exact) mass is 522 g/mol. The molecule has 1 aromatic rings. The largest absolute Gasteiger partial charge is 0.458 e. The van der Waals surface area contributed by atoms with Crippen molar-refractivity contribution in [3.63, 3.8) is 0 Å². The van der Waals surface area contributed by atoms with Crippen molar-refractivity contribution in [3.05, 3.63) is 47.5 Å². The summed E-state index contributed by atoms with van der Waals surface area (Å²) >= 11 is 0. The quantitative estimate of drug-likeness (QED) is 0.280. The van der Waals surface area contributed by atoms with Crippen LogP contribution in [0.5, 0.6) is 0 Å². The standard InChI is InChI=1S/C34H50O4/c1-22(21-35)9-8-10-23(2)31-30(36)20-29-27-14-13-25-19-26(38-32(37)24-11-6-5-7-12-24)15-17-33(25,3)28(27)16-18-34(29,31)4/h5-7,11-13,22-23,26-31,35-36H,8-10,14-21H2,1-4H3/t22-,23-,26-,27-,28+,29+,30+,31+,33+,34+/m1/s1. The van der Waals surface area contributed by atoms with Gasteiger partial charge in [-0.15, -0.1) is 0 Å². The minimum Gasteiger partial charge on any atom is -0.458 e. The maximum Gasteiger partial charge on any atom is 0.338 e. The molecule has 5 rings (SSSR count). The maximum atomic E-state index is 12.7. The Kier molecular flexibility index (Phi) is 8.14. The van der Waals surface area contributed by atoms with Crippen LogP contribution in [0.1, 0.15) is 102 Å². The molecule has 4 nitrogen and oxygen atoms in total. The summed E-state index contributed by atoms with van der Waals surface area (Å²) in [5.74, 6) is 2.96. The molecule has 210 valence electrons. The van der Waals surface area contributed by atoms with E-state index in [1.165, 1.54) is 18.4 Å². The Labute approximate surface area is 230 Å². The fraction of sp³-hybridized carbons (Fsp3) is 0.735. The van der Waals surface area contributed by atoms with Gasteiger partial charge in [-0.25, -0.2) is 4.79 Å². The van der Waals surface area contributed by atoms with Crippen LogP contribution >= 0.6 is 0 Å². The molecule has 0 unspecified atom stereocenters. The fourth-order valence-electron chi connectivity index (χ4n) is 9.66. The third kappa shape index (κ3) is 5.01. The minimum atomic E-state index is -0.201. The number of carbonyl (C=O) groups is 1. The molecule has 0 saturated heterocycles. The molecule has 0 aromatic heterocycles. The van der Waals surface area contributed by atoms with E-state index in [4.69, 9.17) is 4.74 Å². The van der Waals surface area contributed by atoms with Crippen LogP contribution in [0, 0.1) is 46.3 Å². The number of carbonyl (C=O) groups excluding carboxylic acids is 1. The highest BCUT2D eigenvalue weighted by molar-refractivity contribution is 5.89. The molecule has 4 aliphatic rings. The Morgan fingerprint density at radius 3 is 2.58 bits per heavy atom.